The number of pyridine rings is 1. The molecule has 0 unspecified atom stereocenters. The van der Waals surface area contributed by atoms with Crippen molar-refractivity contribution in [2.75, 3.05) is 18.1 Å². The van der Waals surface area contributed by atoms with Gasteiger partial charge >= 0.3 is 0 Å². The lowest BCUT2D eigenvalue weighted by Crippen LogP contribution is -2.48. The first-order valence-electron chi connectivity index (χ1n) is 11.0. The number of carbonyl (C=O) groups is 2. The van der Waals surface area contributed by atoms with E-state index in [1.54, 1.807) is 23.4 Å². The molecule has 166 valence electrons. The van der Waals surface area contributed by atoms with E-state index in [0.29, 0.717) is 30.9 Å². The van der Waals surface area contributed by atoms with Crippen LogP contribution in [0.25, 0.3) is 0 Å². The number of amides is 2. The predicted octanol–water partition coefficient (Wildman–Crippen LogP) is 4.16. The van der Waals surface area contributed by atoms with Crippen molar-refractivity contribution >= 4 is 17.5 Å². The van der Waals surface area contributed by atoms with Crippen LogP contribution in [-0.2, 0) is 19.7 Å². The van der Waals surface area contributed by atoms with Crippen LogP contribution in [0.15, 0.2) is 48.8 Å². The van der Waals surface area contributed by atoms with Gasteiger partial charge in [-0.1, -0.05) is 45.9 Å². The molecule has 2 heterocycles. The minimum Gasteiger partial charge on any atom is -0.381 e. The van der Waals surface area contributed by atoms with Gasteiger partial charge in [0.05, 0.1) is 0 Å². The molecule has 1 fully saturated rings. The Hall–Kier alpha value is -2.73. The molecule has 1 aliphatic heterocycles. The highest BCUT2D eigenvalue weighted by atomic mass is 16.5. The lowest BCUT2D eigenvalue weighted by molar-refractivity contribution is -0.127. The summed E-state index contributed by atoms with van der Waals surface area (Å²) in [5.41, 5.74) is 2.57. The standard InChI is InChI=1S/C25H33N3O3/c1-5-22(29)28(21-10-8-19(9-11-21)25(2,3)4)23(18-7-6-14-26-17-18)24(30)27-20-12-15-31-16-13-20/h6-11,14,17,20,23H,5,12-13,15-16H2,1-4H3,(H,27,30)/t23-/m1/s1. The maximum atomic E-state index is 13.5. The van der Waals surface area contributed by atoms with Crippen molar-refractivity contribution in [1.29, 1.82) is 0 Å². The summed E-state index contributed by atoms with van der Waals surface area (Å²) in [7, 11) is 0. The second-order valence-electron chi connectivity index (χ2n) is 9.00. The quantitative estimate of drug-likeness (QED) is 0.757. The minimum absolute atomic E-state index is 0.00129. The number of nitrogens with zero attached hydrogens (tertiary/aromatic N) is 2. The summed E-state index contributed by atoms with van der Waals surface area (Å²) in [6.45, 7) is 9.53. The van der Waals surface area contributed by atoms with Crippen LogP contribution in [0.4, 0.5) is 5.69 Å². The van der Waals surface area contributed by atoms with Crippen molar-refractivity contribution in [2.24, 2.45) is 0 Å². The molecule has 3 rings (SSSR count). The third-order valence-electron chi connectivity index (χ3n) is 5.66. The first-order chi connectivity index (χ1) is 14.8. The van der Waals surface area contributed by atoms with Gasteiger partial charge in [-0.2, -0.15) is 0 Å². The van der Waals surface area contributed by atoms with Crippen LogP contribution in [-0.4, -0.2) is 36.1 Å². The van der Waals surface area contributed by atoms with Crippen LogP contribution in [0.5, 0.6) is 0 Å². The Morgan fingerprint density at radius 3 is 2.39 bits per heavy atom. The van der Waals surface area contributed by atoms with Crippen molar-refractivity contribution in [3.63, 3.8) is 0 Å². The molecule has 6 nitrogen and oxygen atoms in total. The summed E-state index contributed by atoms with van der Waals surface area (Å²) >= 11 is 0. The molecule has 1 atom stereocenters. The summed E-state index contributed by atoms with van der Waals surface area (Å²) in [5, 5.41) is 3.14. The van der Waals surface area contributed by atoms with E-state index in [-0.39, 0.29) is 23.3 Å². The molecular weight excluding hydrogens is 390 g/mol. The first-order valence-corrected chi connectivity index (χ1v) is 11.0. The number of ether oxygens (including phenoxy) is 1. The second kappa shape index (κ2) is 10.1. The zero-order valence-corrected chi connectivity index (χ0v) is 18.9. The molecule has 0 spiro atoms. The number of nitrogens with one attached hydrogen (secondary N) is 1. The fraction of sp³-hybridized carbons (Fsp3) is 0.480. The van der Waals surface area contributed by atoms with Gasteiger partial charge in [0.15, 0.2) is 0 Å². The number of anilines is 1. The molecule has 1 saturated heterocycles. The average molecular weight is 424 g/mol. The normalized spacial score (nSPS) is 15.9. The molecule has 31 heavy (non-hydrogen) atoms. The van der Waals surface area contributed by atoms with Crippen molar-refractivity contribution < 1.29 is 14.3 Å². The smallest absolute Gasteiger partial charge is 0.248 e. The molecule has 0 saturated carbocycles. The fourth-order valence-corrected chi connectivity index (χ4v) is 3.81. The van der Waals surface area contributed by atoms with Gasteiger partial charge < -0.3 is 10.1 Å². The molecule has 0 aliphatic carbocycles. The molecular formula is C25H33N3O3. The molecule has 1 aromatic heterocycles. The van der Waals surface area contributed by atoms with Crippen molar-refractivity contribution in [2.45, 2.75) is 64.5 Å². The summed E-state index contributed by atoms with van der Waals surface area (Å²) < 4.78 is 5.41. The van der Waals surface area contributed by atoms with E-state index in [9.17, 15) is 9.59 Å². The van der Waals surface area contributed by atoms with Crippen LogP contribution < -0.4 is 10.2 Å². The molecule has 1 N–H and O–H groups in total. The number of benzene rings is 1. The van der Waals surface area contributed by atoms with Gasteiger partial charge in [0.25, 0.3) is 0 Å². The summed E-state index contributed by atoms with van der Waals surface area (Å²) in [6.07, 6.45) is 5.16. The number of rotatable bonds is 6. The van der Waals surface area contributed by atoms with Crippen molar-refractivity contribution in [3.8, 4) is 0 Å². The van der Waals surface area contributed by atoms with Crippen molar-refractivity contribution in [1.82, 2.24) is 10.3 Å². The number of carbonyl (C=O) groups excluding carboxylic acids is 2. The maximum absolute atomic E-state index is 13.5. The van der Waals surface area contributed by atoms with Gasteiger partial charge in [0, 0.05) is 49.3 Å². The lowest BCUT2D eigenvalue weighted by atomic mass is 9.87. The molecule has 0 bridgehead atoms. The van der Waals surface area contributed by atoms with Crippen LogP contribution in [0.3, 0.4) is 0 Å². The molecule has 6 heteroatoms. The van der Waals surface area contributed by atoms with Gasteiger partial charge in [-0.3, -0.25) is 19.5 Å². The largest absolute Gasteiger partial charge is 0.381 e. The second-order valence-corrected chi connectivity index (χ2v) is 9.00. The predicted molar refractivity (Wildman–Crippen MR) is 122 cm³/mol. The van der Waals surface area contributed by atoms with E-state index in [0.717, 1.165) is 12.8 Å². The Morgan fingerprint density at radius 1 is 1.16 bits per heavy atom. The third-order valence-corrected chi connectivity index (χ3v) is 5.66. The molecule has 1 aromatic carbocycles. The van der Waals surface area contributed by atoms with Crippen LogP contribution in [0.2, 0.25) is 0 Å². The van der Waals surface area contributed by atoms with Crippen LogP contribution in [0, 0.1) is 0 Å². The number of hydrogen-bond acceptors (Lipinski definition) is 4. The van der Waals surface area contributed by atoms with E-state index in [1.807, 2.05) is 37.3 Å². The van der Waals surface area contributed by atoms with Crippen LogP contribution in [0.1, 0.15) is 64.1 Å². The molecule has 1 aliphatic rings. The Balaban J connectivity index is 1.99. The highest BCUT2D eigenvalue weighted by Crippen LogP contribution is 2.31. The van der Waals surface area contributed by atoms with Gasteiger partial charge in [-0.15, -0.1) is 0 Å². The summed E-state index contributed by atoms with van der Waals surface area (Å²) in [5.74, 6) is -0.305. The Labute approximate surface area is 185 Å². The van der Waals surface area contributed by atoms with E-state index in [4.69, 9.17) is 4.74 Å². The topological polar surface area (TPSA) is 71.5 Å². The SMILES string of the molecule is CCC(=O)N(c1ccc(C(C)(C)C)cc1)[C@@H](C(=O)NC1CCOCC1)c1cccnc1. The Morgan fingerprint density at radius 2 is 1.84 bits per heavy atom. The molecule has 0 radical (unpaired) electrons. The third kappa shape index (κ3) is 5.70. The van der Waals surface area contributed by atoms with E-state index >= 15 is 0 Å². The summed E-state index contributed by atoms with van der Waals surface area (Å²) in [4.78, 5) is 32.4. The Bertz CT molecular complexity index is 869. The number of hydrogen-bond donors (Lipinski definition) is 1. The Kier molecular flexibility index (Phi) is 7.44. The molecule has 2 aromatic rings. The molecule has 2 amide bonds. The van der Waals surface area contributed by atoms with Gasteiger partial charge in [0.2, 0.25) is 11.8 Å². The van der Waals surface area contributed by atoms with E-state index < -0.39 is 6.04 Å². The summed E-state index contributed by atoms with van der Waals surface area (Å²) in [6, 6.07) is 10.8. The van der Waals surface area contributed by atoms with Crippen molar-refractivity contribution in [3.05, 3.63) is 59.9 Å². The zero-order chi connectivity index (χ0) is 22.4. The first kappa shape index (κ1) is 22.9. The fourth-order valence-electron chi connectivity index (χ4n) is 3.81. The maximum Gasteiger partial charge on any atom is 0.248 e. The van der Waals surface area contributed by atoms with Gasteiger partial charge in [-0.05, 0) is 42.0 Å². The zero-order valence-electron chi connectivity index (χ0n) is 18.9. The monoisotopic (exact) mass is 423 g/mol. The van der Waals surface area contributed by atoms with Crippen LogP contribution >= 0.6 is 0 Å². The van der Waals surface area contributed by atoms with E-state index in [2.05, 4.69) is 31.1 Å². The van der Waals surface area contributed by atoms with E-state index in [1.165, 1.54) is 5.56 Å². The lowest BCUT2D eigenvalue weighted by Gasteiger charge is -2.33. The highest BCUT2D eigenvalue weighted by molar-refractivity contribution is 6.01. The highest BCUT2D eigenvalue weighted by Gasteiger charge is 2.33. The van der Waals surface area contributed by atoms with Gasteiger partial charge in [-0.25, -0.2) is 0 Å². The minimum atomic E-state index is -0.788. The van der Waals surface area contributed by atoms with Gasteiger partial charge in [0.1, 0.15) is 6.04 Å². The average Bonchev–Trinajstić information content (AvgIpc) is 2.77. The number of aromatic nitrogens is 1.